The summed E-state index contributed by atoms with van der Waals surface area (Å²) >= 11 is 5.56. The molecule has 2 amide bonds. The molecule has 0 fully saturated rings. The summed E-state index contributed by atoms with van der Waals surface area (Å²) in [5.74, 6) is -1.48. The molecular formula is C16H13ClF3N3O2. The fourth-order valence-electron chi connectivity index (χ4n) is 1.96. The Balaban J connectivity index is 1.95. The highest BCUT2D eigenvalue weighted by Gasteiger charge is 2.34. The second-order valence-corrected chi connectivity index (χ2v) is 5.48. The van der Waals surface area contributed by atoms with Crippen molar-refractivity contribution < 1.29 is 22.8 Å². The van der Waals surface area contributed by atoms with Crippen molar-refractivity contribution in [3.63, 3.8) is 0 Å². The van der Waals surface area contributed by atoms with E-state index >= 15 is 0 Å². The van der Waals surface area contributed by atoms with Crippen LogP contribution in [0.25, 0.3) is 0 Å². The molecule has 9 heteroatoms. The van der Waals surface area contributed by atoms with E-state index in [1.165, 1.54) is 6.07 Å². The predicted octanol–water partition coefficient (Wildman–Crippen LogP) is 3.40. The van der Waals surface area contributed by atoms with Crippen molar-refractivity contribution in [3.05, 3.63) is 58.9 Å². The summed E-state index contributed by atoms with van der Waals surface area (Å²) < 4.78 is 38.9. The van der Waals surface area contributed by atoms with Gasteiger partial charge in [-0.2, -0.15) is 13.2 Å². The summed E-state index contributed by atoms with van der Waals surface area (Å²) in [7, 11) is 0. The van der Waals surface area contributed by atoms with Crippen molar-refractivity contribution in [2.45, 2.75) is 19.1 Å². The average molecular weight is 372 g/mol. The standard InChI is InChI=1S/C16H13ClF3N3O2/c17-11-1-2-13(12(7-11)16(18,19)20)23-15(25)8-14(24)22-9-10-3-5-21-6-4-10/h1-7H,8-9H2,(H,22,24)(H,23,25). The molecule has 0 atom stereocenters. The molecule has 0 aliphatic rings. The van der Waals surface area contributed by atoms with Crippen molar-refractivity contribution in [1.82, 2.24) is 10.3 Å². The Labute approximate surface area is 146 Å². The third-order valence-electron chi connectivity index (χ3n) is 3.12. The molecule has 2 N–H and O–H groups in total. The summed E-state index contributed by atoms with van der Waals surface area (Å²) in [5, 5.41) is 4.47. The van der Waals surface area contributed by atoms with Gasteiger partial charge in [-0.1, -0.05) is 11.6 Å². The van der Waals surface area contributed by atoms with Gasteiger partial charge in [0.2, 0.25) is 11.8 Å². The van der Waals surface area contributed by atoms with Gasteiger partial charge in [0, 0.05) is 24.0 Å². The number of aromatic nitrogens is 1. The van der Waals surface area contributed by atoms with Gasteiger partial charge in [-0.05, 0) is 35.9 Å². The van der Waals surface area contributed by atoms with Gasteiger partial charge in [0.05, 0.1) is 11.3 Å². The zero-order valence-corrected chi connectivity index (χ0v) is 13.5. The molecule has 132 valence electrons. The number of benzene rings is 1. The van der Waals surface area contributed by atoms with Gasteiger partial charge in [0.1, 0.15) is 6.42 Å². The first kappa shape index (κ1) is 18.7. The van der Waals surface area contributed by atoms with E-state index in [4.69, 9.17) is 11.6 Å². The Morgan fingerprint density at radius 3 is 2.40 bits per heavy atom. The minimum absolute atomic E-state index is 0.111. The van der Waals surface area contributed by atoms with Crippen LogP contribution < -0.4 is 10.6 Å². The van der Waals surface area contributed by atoms with Crippen LogP contribution in [0.1, 0.15) is 17.5 Å². The zero-order valence-electron chi connectivity index (χ0n) is 12.7. The van der Waals surface area contributed by atoms with Crippen LogP contribution in [-0.4, -0.2) is 16.8 Å². The number of alkyl halides is 3. The molecule has 0 radical (unpaired) electrons. The first-order chi connectivity index (χ1) is 11.8. The summed E-state index contributed by atoms with van der Waals surface area (Å²) in [5.41, 5.74) is -0.754. The van der Waals surface area contributed by atoms with Gasteiger partial charge >= 0.3 is 6.18 Å². The number of pyridine rings is 1. The molecule has 0 aliphatic heterocycles. The van der Waals surface area contributed by atoms with Crippen LogP contribution >= 0.6 is 11.6 Å². The topological polar surface area (TPSA) is 71.1 Å². The van der Waals surface area contributed by atoms with Crippen molar-refractivity contribution in [3.8, 4) is 0 Å². The fourth-order valence-corrected chi connectivity index (χ4v) is 2.14. The van der Waals surface area contributed by atoms with E-state index in [0.717, 1.165) is 11.6 Å². The van der Waals surface area contributed by atoms with Crippen LogP contribution in [0.15, 0.2) is 42.7 Å². The lowest BCUT2D eigenvalue weighted by Gasteiger charge is -2.14. The molecule has 0 bridgehead atoms. The van der Waals surface area contributed by atoms with Crippen molar-refractivity contribution in [2.75, 3.05) is 5.32 Å². The summed E-state index contributed by atoms with van der Waals surface area (Å²) in [6, 6.07) is 6.34. The van der Waals surface area contributed by atoms with Crippen molar-refractivity contribution >= 4 is 29.1 Å². The Morgan fingerprint density at radius 1 is 1.08 bits per heavy atom. The van der Waals surface area contributed by atoms with Crippen LogP contribution in [0.3, 0.4) is 0 Å². The molecular weight excluding hydrogens is 359 g/mol. The van der Waals surface area contributed by atoms with E-state index < -0.39 is 35.7 Å². The maximum absolute atomic E-state index is 13.0. The highest BCUT2D eigenvalue weighted by Crippen LogP contribution is 2.36. The van der Waals surface area contributed by atoms with Crippen LogP contribution in [0.2, 0.25) is 5.02 Å². The lowest BCUT2D eigenvalue weighted by atomic mass is 10.1. The summed E-state index contributed by atoms with van der Waals surface area (Å²) in [6.07, 6.45) is -2.19. The molecule has 2 aromatic rings. The number of carbonyl (C=O) groups is 2. The zero-order chi connectivity index (χ0) is 18.4. The Hall–Kier alpha value is -2.61. The van der Waals surface area contributed by atoms with Gasteiger partial charge in [-0.25, -0.2) is 0 Å². The second-order valence-electron chi connectivity index (χ2n) is 5.04. The van der Waals surface area contributed by atoms with E-state index in [2.05, 4.69) is 15.6 Å². The Morgan fingerprint density at radius 2 is 1.76 bits per heavy atom. The third-order valence-corrected chi connectivity index (χ3v) is 3.36. The van der Waals surface area contributed by atoms with E-state index in [9.17, 15) is 22.8 Å². The highest BCUT2D eigenvalue weighted by molar-refractivity contribution is 6.30. The normalized spacial score (nSPS) is 11.0. The minimum Gasteiger partial charge on any atom is -0.352 e. The number of nitrogens with zero attached hydrogens (tertiary/aromatic N) is 1. The second kappa shape index (κ2) is 7.98. The summed E-state index contributed by atoms with van der Waals surface area (Å²) in [6.45, 7) is 0.184. The number of halogens is 4. The lowest BCUT2D eigenvalue weighted by Crippen LogP contribution is -2.28. The molecule has 1 aromatic heterocycles. The number of amides is 2. The van der Waals surface area contributed by atoms with Crippen LogP contribution in [0, 0.1) is 0 Å². The number of carbonyl (C=O) groups excluding carboxylic acids is 2. The molecule has 2 rings (SSSR count). The van der Waals surface area contributed by atoms with Crippen LogP contribution in [0.4, 0.5) is 18.9 Å². The van der Waals surface area contributed by atoms with Gasteiger partial charge in [-0.15, -0.1) is 0 Å². The lowest BCUT2D eigenvalue weighted by molar-refractivity contribution is -0.137. The third kappa shape index (κ3) is 5.75. The Kier molecular flexibility index (Phi) is 5.97. The number of anilines is 1. The molecule has 0 saturated carbocycles. The molecule has 1 aromatic carbocycles. The van der Waals surface area contributed by atoms with Gasteiger partial charge in [0.25, 0.3) is 0 Å². The number of nitrogens with one attached hydrogen (secondary N) is 2. The molecule has 0 unspecified atom stereocenters. The fraction of sp³-hybridized carbons (Fsp3) is 0.188. The Bertz CT molecular complexity index is 767. The molecule has 0 aliphatic carbocycles. The first-order valence-corrected chi connectivity index (χ1v) is 7.45. The highest BCUT2D eigenvalue weighted by atomic mass is 35.5. The van der Waals surface area contributed by atoms with Gasteiger partial charge < -0.3 is 10.6 Å². The van der Waals surface area contributed by atoms with E-state index in [1.807, 2.05) is 0 Å². The molecule has 0 saturated heterocycles. The largest absolute Gasteiger partial charge is 0.418 e. The number of hydrogen-bond donors (Lipinski definition) is 2. The van der Waals surface area contributed by atoms with E-state index in [-0.39, 0.29) is 11.6 Å². The maximum atomic E-state index is 13.0. The average Bonchev–Trinajstić information content (AvgIpc) is 2.54. The van der Waals surface area contributed by atoms with Crippen LogP contribution in [-0.2, 0) is 22.3 Å². The van der Waals surface area contributed by atoms with Gasteiger partial charge in [-0.3, -0.25) is 14.6 Å². The van der Waals surface area contributed by atoms with Crippen molar-refractivity contribution in [1.29, 1.82) is 0 Å². The number of hydrogen-bond acceptors (Lipinski definition) is 3. The molecule has 25 heavy (non-hydrogen) atoms. The SMILES string of the molecule is O=C(CC(=O)Nc1ccc(Cl)cc1C(F)(F)F)NCc1ccncc1. The summed E-state index contributed by atoms with van der Waals surface area (Å²) in [4.78, 5) is 27.4. The van der Waals surface area contributed by atoms with Crippen LogP contribution in [0.5, 0.6) is 0 Å². The number of rotatable bonds is 5. The van der Waals surface area contributed by atoms with E-state index in [1.54, 1.807) is 24.5 Å². The smallest absolute Gasteiger partial charge is 0.352 e. The molecule has 1 heterocycles. The maximum Gasteiger partial charge on any atom is 0.418 e. The van der Waals surface area contributed by atoms with E-state index in [0.29, 0.717) is 6.07 Å². The quantitative estimate of drug-likeness (QED) is 0.791. The first-order valence-electron chi connectivity index (χ1n) is 7.08. The molecule has 5 nitrogen and oxygen atoms in total. The monoisotopic (exact) mass is 371 g/mol. The molecule has 0 spiro atoms. The van der Waals surface area contributed by atoms with Crippen molar-refractivity contribution in [2.24, 2.45) is 0 Å². The van der Waals surface area contributed by atoms with Gasteiger partial charge in [0.15, 0.2) is 0 Å². The minimum atomic E-state index is -4.68. The predicted molar refractivity (Wildman–Crippen MR) is 85.8 cm³/mol.